The van der Waals surface area contributed by atoms with Gasteiger partial charge >= 0.3 is 6.18 Å². The predicted molar refractivity (Wildman–Crippen MR) is 85.9 cm³/mol. The summed E-state index contributed by atoms with van der Waals surface area (Å²) >= 11 is 0. The maximum Gasteiger partial charge on any atom is 0.389 e. The van der Waals surface area contributed by atoms with E-state index in [-0.39, 0.29) is 6.42 Å². The molecule has 1 saturated carbocycles. The van der Waals surface area contributed by atoms with Crippen molar-refractivity contribution in [2.24, 2.45) is 0 Å². The Morgan fingerprint density at radius 1 is 1.20 bits per heavy atom. The van der Waals surface area contributed by atoms with E-state index >= 15 is 0 Å². The molecule has 2 heterocycles. The van der Waals surface area contributed by atoms with Crippen LogP contribution in [0.4, 0.5) is 19.1 Å². The highest BCUT2D eigenvalue weighted by atomic mass is 19.4. The molecule has 0 bridgehead atoms. The number of alkyl halides is 3. The van der Waals surface area contributed by atoms with Crippen molar-refractivity contribution in [1.82, 2.24) is 24.7 Å². The molecule has 1 N–H and O–H groups in total. The Morgan fingerprint density at radius 2 is 2.00 bits per heavy atom. The molecule has 2 aromatic rings. The minimum Gasteiger partial charge on any atom is -0.347 e. The summed E-state index contributed by atoms with van der Waals surface area (Å²) in [5, 5.41) is 11.2. The van der Waals surface area contributed by atoms with Crippen LogP contribution in [0.15, 0.2) is 18.6 Å². The second-order valence-electron chi connectivity index (χ2n) is 6.29. The topological polar surface area (TPSA) is 68.5 Å². The lowest BCUT2D eigenvalue weighted by atomic mass is 9.95. The van der Waals surface area contributed by atoms with Gasteiger partial charge in [-0.1, -0.05) is 19.3 Å². The summed E-state index contributed by atoms with van der Waals surface area (Å²) < 4.78 is 39.0. The van der Waals surface area contributed by atoms with Gasteiger partial charge in [-0.3, -0.25) is 0 Å². The number of hydrogen-bond donors (Lipinski definition) is 1. The molecule has 0 radical (unpaired) electrons. The summed E-state index contributed by atoms with van der Waals surface area (Å²) in [7, 11) is 0. The quantitative estimate of drug-likeness (QED) is 0.857. The first-order valence-corrected chi connectivity index (χ1v) is 8.52. The molecule has 0 aromatic carbocycles. The molecule has 136 valence electrons. The fourth-order valence-electron chi connectivity index (χ4n) is 3.11. The van der Waals surface area contributed by atoms with E-state index in [9.17, 15) is 13.2 Å². The molecule has 3 rings (SSSR count). The third-order valence-electron chi connectivity index (χ3n) is 4.40. The van der Waals surface area contributed by atoms with Gasteiger partial charge in [-0.2, -0.15) is 13.2 Å². The molecule has 1 aliphatic rings. The van der Waals surface area contributed by atoms with Gasteiger partial charge in [0.15, 0.2) is 5.82 Å². The van der Waals surface area contributed by atoms with E-state index in [1.54, 1.807) is 6.33 Å². The highest BCUT2D eigenvalue weighted by molar-refractivity contribution is 5.25. The van der Waals surface area contributed by atoms with Gasteiger partial charge in [-0.25, -0.2) is 9.97 Å². The number of halogens is 3. The number of hydrogen-bond acceptors (Lipinski definition) is 5. The van der Waals surface area contributed by atoms with Crippen LogP contribution in [0, 0.1) is 0 Å². The molecule has 6 nitrogen and oxygen atoms in total. The molecule has 25 heavy (non-hydrogen) atoms. The number of nitrogens with zero attached hydrogens (tertiary/aromatic N) is 5. The minimum absolute atomic E-state index is 0.154. The van der Waals surface area contributed by atoms with Crippen molar-refractivity contribution < 1.29 is 13.2 Å². The molecule has 0 spiro atoms. The standard InChI is InChI=1S/C16H21F3N6/c17-16(18,19)8-6-12-7-9-20-15(23-12)21-10-14-24-22-11-25(14)13-4-2-1-3-5-13/h7,9,11,13H,1-6,8,10H2,(H,20,21,23). The summed E-state index contributed by atoms with van der Waals surface area (Å²) in [5.74, 6) is 1.09. The number of aromatic nitrogens is 5. The molecule has 0 amide bonds. The zero-order valence-corrected chi connectivity index (χ0v) is 13.8. The lowest BCUT2D eigenvalue weighted by Gasteiger charge is -2.24. The zero-order valence-electron chi connectivity index (χ0n) is 13.8. The lowest BCUT2D eigenvalue weighted by Crippen LogP contribution is -2.17. The number of nitrogens with one attached hydrogen (secondary N) is 1. The van der Waals surface area contributed by atoms with Crippen molar-refractivity contribution in [2.45, 2.75) is 63.7 Å². The smallest absolute Gasteiger partial charge is 0.347 e. The molecule has 0 unspecified atom stereocenters. The highest BCUT2D eigenvalue weighted by Crippen LogP contribution is 2.28. The van der Waals surface area contributed by atoms with Crippen LogP contribution in [0.2, 0.25) is 0 Å². The van der Waals surface area contributed by atoms with Crippen molar-refractivity contribution >= 4 is 5.95 Å². The SMILES string of the molecule is FC(F)(F)CCc1ccnc(NCc2nncn2C2CCCCC2)n1. The molecule has 0 atom stereocenters. The van der Waals surface area contributed by atoms with E-state index in [2.05, 4.69) is 30.0 Å². The van der Waals surface area contributed by atoms with Crippen LogP contribution >= 0.6 is 0 Å². The molecular formula is C16H21F3N6. The van der Waals surface area contributed by atoms with Crippen molar-refractivity contribution in [2.75, 3.05) is 5.32 Å². The van der Waals surface area contributed by atoms with Crippen molar-refractivity contribution in [3.8, 4) is 0 Å². The van der Waals surface area contributed by atoms with Gasteiger partial charge in [0.05, 0.1) is 6.54 Å². The molecule has 1 aliphatic carbocycles. The van der Waals surface area contributed by atoms with E-state index in [1.165, 1.54) is 31.5 Å². The normalized spacial score (nSPS) is 16.1. The van der Waals surface area contributed by atoms with Crippen molar-refractivity contribution in [3.05, 3.63) is 30.1 Å². The minimum atomic E-state index is -4.19. The average Bonchev–Trinajstić information content (AvgIpc) is 3.07. The predicted octanol–water partition coefficient (Wildman–Crippen LogP) is 3.68. The molecule has 1 fully saturated rings. The van der Waals surface area contributed by atoms with Gasteiger partial charge in [0.25, 0.3) is 0 Å². The summed E-state index contributed by atoms with van der Waals surface area (Å²) in [6.07, 6.45) is 3.90. The summed E-state index contributed by atoms with van der Waals surface area (Å²) in [6.45, 7) is 0.388. The van der Waals surface area contributed by atoms with Gasteiger partial charge in [0.2, 0.25) is 5.95 Å². The molecule has 9 heteroatoms. The van der Waals surface area contributed by atoms with E-state index in [0.29, 0.717) is 24.2 Å². The van der Waals surface area contributed by atoms with E-state index in [4.69, 9.17) is 0 Å². The van der Waals surface area contributed by atoms with Gasteiger partial charge in [0.1, 0.15) is 6.33 Å². The van der Waals surface area contributed by atoms with Crippen LogP contribution < -0.4 is 5.32 Å². The third kappa shape index (κ3) is 5.14. The van der Waals surface area contributed by atoms with Gasteiger partial charge < -0.3 is 9.88 Å². The Labute approximate surface area is 143 Å². The Kier molecular flexibility index (Phi) is 5.50. The zero-order chi connectivity index (χ0) is 17.7. The van der Waals surface area contributed by atoms with Crippen molar-refractivity contribution in [1.29, 1.82) is 0 Å². The third-order valence-corrected chi connectivity index (χ3v) is 4.40. The average molecular weight is 354 g/mol. The number of rotatable bonds is 6. The number of anilines is 1. The van der Waals surface area contributed by atoms with E-state index < -0.39 is 12.6 Å². The fraction of sp³-hybridized carbons (Fsp3) is 0.625. The molecule has 0 aliphatic heterocycles. The number of aryl methyl sites for hydroxylation is 1. The maximum absolute atomic E-state index is 12.3. The second-order valence-corrected chi connectivity index (χ2v) is 6.29. The first kappa shape index (κ1) is 17.6. The highest BCUT2D eigenvalue weighted by Gasteiger charge is 2.26. The lowest BCUT2D eigenvalue weighted by molar-refractivity contribution is -0.134. The molecular weight excluding hydrogens is 333 g/mol. The van der Waals surface area contributed by atoms with Crippen LogP contribution in [0.1, 0.15) is 56.1 Å². The van der Waals surface area contributed by atoms with Crippen molar-refractivity contribution in [3.63, 3.8) is 0 Å². The second kappa shape index (κ2) is 7.79. The maximum atomic E-state index is 12.3. The Bertz CT molecular complexity index is 679. The molecule has 0 saturated heterocycles. The monoisotopic (exact) mass is 354 g/mol. The molecule has 2 aromatic heterocycles. The van der Waals surface area contributed by atoms with E-state index in [1.807, 2.05) is 0 Å². The van der Waals surface area contributed by atoms with Gasteiger partial charge in [0, 0.05) is 24.4 Å². The first-order valence-electron chi connectivity index (χ1n) is 8.52. The largest absolute Gasteiger partial charge is 0.389 e. The summed E-state index contributed by atoms with van der Waals surface area (Å²) in [4.78, 5) is 8.20. The fourth-order valence-corrected chi connectivity index (χ4v) is 3.11. The first-order chi connectivity index (χ1) is 12.0. The van der Waals surface area contributed by atoms with Crippen LogP contribution in [-0.2, 0) is 13.0 Å². The Hall–Kier alpha value is -2.19. The van der Waals surface area contributed by atoms with Crippen LogP contribution in [-0.4, -0.2) is 30.9 Å². The van der Waals surface area contributed by atoms with Crippen LogP contribution in [0.3, 0.4) is 0 Å². The summed E-state index contributed by atoms with van der Waals surface area (Å²) in [5.41, 5.74) is 0.364. The van der Waals surface area contributed by atoms with Gasteiger partial charge in [-0.15, -0.1) is 10.2 Å². The summed E-state index contributed by atoms with van der Waals surface area (Å²) in [6, 6.07) is 1.92. The Morgan fingerprint density at radius 3 is 2.76 bits per heavy atom. The van der Waals surface area contributed by atoms with Crippen LogP contribution in [0.25, 0.3) is 0 Å². The van der Waals surface area contributed by atoms with Crippen LogP contribution in [0.5, 0.6) is 0 Å². The van der Waals surface area contributed by atoms with Gasteiger partial charge in [-0.05, 0) is 25.3 Å². The Balaban J connectivity index is 1.59. The van der Waals surface area contributed by atoms with E-state index in [0.717, 1.165) is 18.7 Å².